The Morgan fingerprint density at radius 3 is 2.40 bits per heavy atom. The van der Waals surface area contributed by atoms with E-state index >= 15 is 0 Å². The van der Waals surface area contributed by atoms with Gasteiger partial charge in [-0.3, -0.25) is 0 Å². The molecule has 0 radical (unpaired) electrons. The Labute approximate surface area is 93.3 Å². The van der Waals surface area contributed by atoms with Crippen molar-refractivity contribution in [3.63, 3.8) is 0 Å². The number of hydrogen-bond donors (Lipinski definition) is 1. The average Bonchev–Trinajstić information content (AvgIpc) is 2.45. The minimum atomic E-state index is -3.22. The molecule has 1 rings (SSSR count). The fourth-order valence-corrected chi connectivity index (χ4v) is 2.85. The molecule has 0 spiro atoms. The van der Waals surface area contributed by atoms with Crippen LogP contribution in [0.25, 0.3) is 0 Å². The first-order valence-corrected chi connectivity index (χ1v) is 6.90. The maximum absolute atomic E-state index is 11.5. The number of nitrogens with zero attached hydrogens (tertiary/aromatic N) is 1. The first-order chi connectivity index (χ1) is 6.70. The van der Waals surface area contributed by atoms with Gasteiger partial charge in [0, 0.05) is 11.1 Å². The van der Waals surface area contributed by atoms with Crippen molar-refractivity contribution < 1.29 is 8.42 Å². The van der Waals surface area contributed by atoms with Gasteiger partial charge in [0.2, 0.25) is 0 Å². The van der Waals surface area contributed by atoms with Crippen LogP contribution in [-0.2, 0) is 14.6 Å². The van der Waals surface area contributed by atoms with Crippen LogP contribution in [0, 0.1) is 11.3 Å². The average molecular weight is 244 g/mol. The van der Waals surface area contributed by atoms with E-state index in [0.29, 0.717) is 15.4 Å². The van der Waals surface area contributed by atoms with E-state index in [-0.39, 0.29) is 0 Å². The van der Waals surface area contributed by atoms with Crippen LogP contribution in [0.2, 0.25) is 0 Å². The third-order valence-electron chi connectivity index (χ3n) is 2.38. The fraction of sp³-hybridized carbons (Fsp3) is 0.444. The highest BCUT2D eigenvalue weighted by atomic mass is 32.2. The van der Waals surface area contributed by atoms with Crippen molar-refractivity contribution in [3.05, 3.63) is 15.8 Å². The highest BCUT2D eigenvalue weighted by molar-refractivity contribution is 7.91. The number of thiophene rings is 1. The zero-order valence-electron chi connectivity index (χ0n) is 8.73. The van der Waals surface area contributed by atoms with Crippen molar-refractivity contribution in [2.24, 2.45) is 0 Å². The quantitative estimate of drug-likeness (QED) is 0.854. The van der Waals surface area contributed by atoms with Crippen LogP contribution in [0.1, 0.15) is 23.6 Å². The van der Waals surface area contributed by atoms with Crippen LogP contribution in [0.15, 0.2) is 6.07 Å². The summed E-state index contributed by atoms with van der Waals surface area (Å²) in [5.74, 6) is 0. The lowest BCUT2D eigenvalue weighted by atomic mass is 10.1. The predicted molar refractivity (Wildman–Crippen MR) is 61.3 cm³/mol. The van der Waals surface area contributed by atoms with Crippen molar-refractivity contribution in [3.8, 4) is 6.07 Å². The van der Waals surface area contributed by atoms with Crippen LogP contribution >= 0.6 is 11.3 Å². The molecule has 0 aliphatic carbocycles. The Balaban J connectivity index is 3.36. The van der Waals surface area contributed by atoms with Gasteiger partial charge in [0.25, 0.3) is 0 Å². The van der Waals surface area contributed by atoms with E-state index in [4.69, 9.17) is 11.0 Å². The zero-order chi connectivity index (χ0) is 11.9. The second kappa shape index (κ2) is 3.51. The highest BCUT2D eigenvalue weighted by Crippen LogP contribution is 2.36. The second-order valence-electron chi connectivity index (χ2n) is 3.79. The molecule has 0 bridgehead atoms. The number of nitriles is 1. The predicted octanol–water partition coefficient (Wildman–Crippen LogP) is 1.48. The molecule has 4 nitrogen and oxygen atoms in total. The van der Waals surface area contributed by atoms with Crippen molar-refractivity contribution in [1.82, 2.24) is 0 Å². The van der Waals surface area contributed by atoms with Crippen LogP contribution < -0.4 is 5.73 Å². The van der Waals surface area contributed by atoms with Crippen molar-refractivity contribution >= 4 is 26.9 Å². The first-order valence-electron chi connectivity index (χ1n) is 4.19. The van der Waals surface area contributed by atoms with Crippen molar-refractivity contribution in [2.75, 3.05) is 12.0 Å². The van der Waals surface area contributed by atoms with E-state index in [0.717, 1.165) is 11.3 Å². The molecule has 0 amide bonds. The number of hydrogen-bond acceptors (Lipinski definition) is 5. The fourth-order valence-electron chi connectivity index (χ4n) is 0.972. The minimum absolute atomic E-state index is 0.342. The Bertz CT molecular complexity index is 521. The molecule has 1 heterocycles. The van der Waals surface area contributed by atoms with E-state index < -0.39 is 14.6 Å². The van der Waals surface area contributed by atoms with Crippen molar-refractivity contribution in [2.45, 2.75) is 18.6 Å². The summed E-state index contributed by atoms with van der Waals surface area (Å²) in [6.45, 7) is 3.21. The summed E-state index contributed by atoms with van der Waals surface area (Å²) >= 11 is 1.13. The maximum atomic E-state index is 11.5. The molecular formula is C9H12N2O2S2. The Hall–Kier alpha value is -1.06. The molecule has 82 valence electrons. The number of nitrogens with two attached hydrogens (primary N) is 1. The van der Waals surface area contributed by atoms with Crippen LogP contribution in [0.4, 0.5) is 5.69 Å². The van der Waals surface area contributed by atoms with Gasteiger partial charge in [-0.1, -0.05) is 0 Å². The second-order valence-corrected chi connectivity index (χ2v) is 7.41. The Morgan fingerprint density at radius 1 is 1.53 bits per heavy atom. The van der Waals surface area contributed by atoms with Gasteiger partial charge in [0.1, 0.15) is 15.7 Å². The lowest BCUT2D eigenvalue weighted by Gasteiger charge is -2.20. The summed E-state index contributed by atoms with van der Waals surface area (Å²) in [6.07, 6.45) is 1.18. The van der Waals surface area contributed by atoms with Gasteiger partial charge in [0.15, 0.2) is 9.84 Å². The largest absolute Gasteiger partial charge is 0.397 e. The summed E-state index contributed by atoms with van der Waals surface area (Å²) in [5.41, 5.74) is 5.93. The van der Waals surface area contributed by atoms with Gasteiger partial charge >= 0.3 is 0 Å². The van der Waals surface area contributed by atoms with E-state index in [2.05, 4.69) is 0 Å². The summed E-state index contributed by atoms with van der Waals surface area (Å²) < 4.78 is 22.1. The molecule has 1 aromatic rings. The zero-order valence-corrected chi connectivity index (χ0v) is 10.4. The van der Waals surface area contributed by atoms with Crippen LogP contribution in [0.3, 0.4) is 0 Å². The van der Waals surface area contributed by atoms with Crippen LogP contribution in [0.5, 0.6) is 0 Å². The van der Waals surface area contributed by atoms with Gasteiger partial charge < -0.3 is 5.73 Å². The van der Waals surface area contributed by atoms with Gasteiger partial charge in [0.05, 0.1) is 5.69 Å². The van der Waals surface area contributed by atoms with E-state index in [1.54, 1.807) is 19.9 Å². The third-order valence-corrected chi connectivity index (χ3v) is 5.96. The van der Waals surface area contributed by atoms with E-state index in [1.807, 2.05) is 6.07 Å². The molecule has 0 aliphatic heterocycles. The third kappa shape index (κ3) is 1.98. The van der Waals surface area contributed by atoms with Gasteiger partial charge in [-0.05, 0) is 19.9 Å². The van der Waals surface area contributed by atoms with E-state index in [1.165, 1.54) is 6.26 Å². The van der Waals surface area contributed by atoms with E-state index in [9.17, 15) is 8.42 Å². The Morgan fingerprint density at radius 2 is 2.07 bits per heavy atom. The molecule has 15 heavy (non-hydrogen) atoms. The van der Waals surface area contributed by atoms with Gasteiger partial charge in [-0.15, -0.1) is 11.3 Å². The molecule has 0 aromatic carbocycles. The molecule has 1 aromatic heterocycles. The summed E-state index contributed by atoms with van der Waals surface area (Å²) in [5, 5.41) is 8.73. The summed E-state index contributed by atoms with van der Waals surface area (Å²) in [4.78, 5) is 0.959. The SMILES string of the molecule is CC(C)(c1cc(N)c(C#N)s1)S(C)(=O)=O. The molecule has 0 fully saturated rings. The maximum Gasteiger partial charge on any atom is 0.157 e. The van der Waals surface area contributed by atoms with Gasteiger partial charge in [-0.2, -0.15) is 5.26 Å². The standard InChI is InChI=1S/C9H12N2O2S2/c1-9(2,15(3,12)13)8-4-6(11)7(5-10)14-8/h4H,11H2,1-3H3. The molecule has 0 saturated carbocycles. The normalized spacial score (nSPS) is 12.4. The highest BCUT2D eigenvalue weighted by Gasteiger charge is 2.34. The number of nitrogen functional groups attached to an aromatic ring is 1. The minimum Gasteiger partial charge on any atom is -0.397 e. The Kier molecular flexibility index (Phi) is 2.81. The summed E-state index contributed by atoms with van der Waals surface area (Å²) in [6, 6.07) is 3.50. The van der Waals surface area contributed by atoms with Gasteiger partial charge in [-0.25, -0.2) is 8.42 Å². The topological polar surface area (TPSA) is 83.9 Å². The molecule has 2 N–H and O–H groups in total. The molecule has 0 atom stereocenters. The number of sulfone groups is 1. The molecule has 0 saturated heterocycles. The molecule has 0 aliphatic rings. The lowest BCUT2D eigenvalue weighted by molar-refractivity contribution is 0.564. The molecule has 0 unspecified atom stereocenters. The lowest BCUT2D eigenvalue weighted by Crippen LogP contribution is -2.26. The monoisotopic (exact) mass is 244 g/mol. The molecular weight excluding hydrogens is 232 g/mol. The summed E-state index contributed by atoms with van der Waals surface area (Å²) in [7, 11) is -3.22. The number of rotatable bonds is 2. The number of anilines is 1. The van der Waals surface area contributed by atoms with Crippen LogP contribution in [-0.4, -0.2) is 14.7 Å². The molecule has 6 heteroatoms. The first kappa shape index (κ1) is 12.0. The smallest absolute Gasteiger partial charge is 0.157 e. The van der Waals surface area contributed by atoms with Crippen molar-refractivity contribution in [1.29, 1.82) is 5.26 Å².